The first kappa shape index (κ1) is 12.1. The number of aromatic amines is 1. The molecule has 7 heteroatoms. The molecule has 0 atom stereocenters. The van der Waals surface area contributed by atoms with Crippen LogP contribution in [-0.4, -0.2) is 30.6 Å². The quantitative estimate of drug-likeness (QED) is 0.754. The molecule has 3 aromatic rings. The highest BCUT2D eigenvalue weighted by Crippen LogP contribution is 2.12. The topological polar surface area (TPSA) is 88.5 Å². The number of benzene rings is 1. The van der Waals surface area contributed by atoms with E-state index in [4.69, 9.17) is 0 Å². The Labute approximate surface area is 114 Å². The number of aryl methyl sites for hydroxylation is 1. The average Bonchev–Trinajstić information content (AvgIpc) is 3.09. The maximum absolute atomic E-state index is 12.2. The molecule has 2 heterocycles. The third kappa shape index (κ3) is 2.28. The Balaban J connectivity index is 1.88. The van der Waals surface area contributed by atoms with E-state index in [2.05, 4.69) is 25.5 Å². The Morgan fingerprint density at radius 2 is 2.10 bits per heavy atom. The van der Waals surface area contributed by atoms with Crippen LogP contribution in [0.2, 0.25) is 0 Å². The molecule has 0 aliphatic heterocycles. The molecular formula is C13H12N6O. The highest BCUT2D eigenvalue weighted by molar-refractivity contribution is 6.02. The van der Waals surface area contributed by atoms with Crippen LogP contribution in [0.5, 0.6) is 0 Å². The van der Waals surface area contributed by atoms with Crippen LogP contribution in [0, 0.1) is 6.92 Å². The minimum atomic E-state index is -0.314. The molecule has 0 spiro atoms. The minimum absolute atomic E-state index is 0.244. The number of nitrogens with one attached hydrogen (secondary N) is 2. The highest BCUT2D eigenvalue weighted by atomic mass is 16.2. The third-order valence-corrected chi connectivity index (χ3v) is 2.73. The van der Waals surface area contributed by atoms with Crippen LogP contribution >= 0.6 is 0 Å². The van der Waals surface area contributed by atoms with Gasteiger partial charge in [-0.25, -0.2) is 4.98 Å². The normalized spacial score (nSPS) is 10.4. The zero-order valence-corrected chi connectivity index (χ0v) is 10.7. The van der Waals surface area contributed by atoms with Gasteiger partial charge in [-0.05, 0) is 19.1 Å². The van der Waals surface area contributed by atoms with Crippen LogP contribution in [0.3, 0.4) is 0 Å². The first-order chi connectivity index (χ1) is 9.74. The summed E-state index contributed by atoms with van der Waals surface area (Å²) in [6.45, 7) is 1.76. The molecule has 0 unspecified atom stereocenters. The van der Waals surface area contributed by atoms with Crippen molar-refractivity contribution in [3.8, 4) is 5.69 Å². The lowest BCUT2D eigenvalue weighted by Gasteiger charge is -2.06. The van der Waals surface area contributed by atoms with Gasteiger partial charge in [0.05, 0.1) is 12.5 Å². The molecule has 0 saturated heterocycles. The molecule has 0 fully saturated rings. The van der Waals surface area contributed by atoms with Crippen LogP contribution in [-0.2, 0) is 0 Å². The Hall–Kier alpha value is -2.96. The molecule has 2 aromatic heterocycles. The van der Waals surface area contributed by atoms with Crippen molar-refractivity contribution in [1.82, 2.24) is 24.7 Å². The maximum Gasteiger partial charge on any atom is 0.276 e. The van der Waals surface area contributed by atoms with Gasteiger partial charge >= 0.3 is 0 Å². The number of carbonyl (C=O) groups is 1. The molecule has 0 bridgehead atoms. The van der Waals surface area contributed by atoms with Crippen LogP contribution in [0.25, 0.3) is 5.69 Å². The van der Waals surface area contributed by atoms with E-state index >= 15 is 0 Å². The summed E-state index contributed by atoms with van der Waals surface area (Å²) in [6, 6.07) is 9.51. The maximum atomic E-state index is 12.2. The van der Waals surface area contributed by atoms with Crippen molar-refractivity contribution < 1.29 is 4.79 Å². The number of rotatable bonds is 3. The number of nitrogens with zero attached hydrogens (tertiary/aromatic N) is 4. The SMILES string of the molecule is Cc1nc(NC(=O)c2cncn2-c2ccccc2)n[nH]1. The lowest BCUT2D eigenvalue weighted by molar-refractivity contribution is 0.101. The summed E-state index contributed by atoms with van der Waals surface area (Å²) < 4.78 is 1.70. The van der Waals surface area contributed by atoms with Crippen molar-refractivity contribution in [3.63, 3.8) is 0 Å². The van der Waals surface area contributed by atoms with E-state index in [0.717, 1.165) is 5.69 Å². The molecule has 1 aromatic carbocycles. The van der Waals surface area contributed by atoms with E-state index in [1.54, 1.807) is 17.8 Å². The molecule has 0 aliphatic carbocycles. The predicted octanol–water partition coefficient (Wildman–Crippen LogP) is 1.55. The number of hydrogen-bond donors (Lipinski definition) is 2. The number of hydrogen-bond acceptors (Lipinski definition) is 4. The number of H-pyrrole nitrogens is 1. The standard InChI is InChI=1S/C13H12N6O/c1-9-15-13(18-17-9)16-12(20)11-7-14-8-19(11)10-5-3-2-4-6-10/h2-8H,1H3,(H2,15,16,17,18,20). The lowest BCUT2D eigenvalue weighted by Crippen LogP contribution is -2.16. The summed E-state index contributed by atoms with van der Waals surface area (Å²) in [5.41, 5.74) is 1.28. The Morgan fingerprint density at radius 1 is 1.30 bits per heavy atom. The van der Waals surface area contributed by atoms with Gasteiger partial charge in [-0.2, -0.15) is 4.98 Å². The fraction of sp³-hybridized carbons (Fsp3) is 0.0769. The highest BCUT2D eigenvalue weighted by Gasteiger charge is 2.14. The monoisotopic (exact) mass is 268 g/mol. The minimum Gasteiger partial charge on any atom is -0.295 e. The fourth-order valence-electron chi connectivity index (χ4n) is 1.82. The second kappa shape index (κ2) is 4.96. The molecule has 100 valence electrons. The van der Waals surface area contributed by atoms with Gasteiger partial charge in [-0.15, -0.1) is 5.10 Å². The van der Waals surface area contributed by atoms with Gasteiger partial charge in [-0.1, -0.05) is 18.2 Å². The number of aromatic nitrogens is 5. The smallest absolute Gasteiger partial charge is 0.276 e. The molecule has 0 aliphatic rings. The van der Waals surface area contributed by atoms with Crippen molar-refractivity contribution >= 4 is 11.9 Å². The summed E-state index contributed by atoms with van der Waals surface area (Å²) in [4.78, 5) is 20.3. The molecule has 0 radical (unpaired) electrons. The molecule has 20 heavy (non-hydrogen) atoms. The summed E-state index contributed by atoms with van der Waals surface area (Å²) in [5.74, 6) is 0.565. The van der Waals surface area contributed by atoms with Crippen molar-refractivity contribution in [2.45, 2.75) is 6.92 Å². The van der Waals surface area contributed by atoms with Crippen molar-refractivity contribution in [1.29, 1.82) is 0 Å². The van der Waals surface area contributed by atoms with Gasteiger partial charge in [0.25, 0.3) is 5.91 Å². The Bertz CT molecular complexity index is 730. The van der Waals surface area contributed by atoms with Gasteiger partial charge in [0, 0.05) is 5.69 Å². The van der Waals surface area contributed by atoms with Gasteiger partial charge < -0.3 is 0 Å². The second-order valence-electron chi connectivity index (χ2n) is 4.18. The van der Waals surface area contributed by atoms with Crippen LogP contribution in [0.4, 0.5) is 5.95 Å². The van der Waals surface area contributed by atoms with E-state index in [1.165, 1.54) is 6.20 Å². The number of carbonyl (C=O) groups excluding carboxylic acids is 1. The zero-order valence-electron chi connectivity index (χ0n) is 10.7. The van der Waals surface area contributed by atoms with Gasteiger partial charge in [0.1, 0.15) is 11.5 Å². The summed E-state index contributed by atoms with van der Waals surface area (Å²) in [5, 5.41) is 9.16. The van der Waals surface area contributed by atoms with E-state index in [0.29, 0.717) is 11.5 Å². The number of para-hydroxylation sites is 1. The van der Waals surface area contributed by atoms with Crippen LogP contribution in [0.1, 0.15) is 16.3 Å². The van der Waals surface area contributed by atoms with Crippen molar-refractivity contribution in [3.05, 3.63) is 54.4 Å². The van der Waals surface area contributed by atoms with Gasteiger partial charge in [0.15, 0.2) is 0 Å². The predicted molar refractivity (Wildman–Crippen MR) is 72.6 cm³/mol. The Morgan fingerprint density at radius 3 is 2.80 bits per heavy atom. The first-order valence-corrected chi connectivity index (χ1v) is 6.02. The van der Waals surface area contributed by atoms with E-state index in [-0.39, 0.29) is 11.9 Å². The van der Waals surface area contributed by atoms with E-state index in [1.807, 2.05) is 30.3 Å². The third-order valence-electron chi connectivity index (χ3n) is 2.73. The molecule has 7 nitrogen and oxygen atoms in total. The van der Waals surface area contributed by atoms with Crippen LogP contribution in [0.15, 0.2) is 42.9 Å². The number of imidazole rings is 1. The van der Waals surface area contributed by atoms with Crippen molar-refractivity contribution in [2.24, 2.45) is 0 Å². The summed E-state index contributed by atoms with van der Waals surface area (Å²) in [7, 11) is 0. The summed E-state index contributed by atoms with van der Waals surface area (Å²) in [6.07, 6.45) is 3.09. The fourth-order valence-corrected chi connectivity index (χ4v) is 1.82. The second-order valence-corrected chi connectivity index (χ2v) is 4.18. The summed E-state index contributed by atoms with van der Waals surface area (Å²) >= 11 is 0. The Kier molecular flexibility index (Phi) is 3.00. The van der Waals surface area contributed by atoms with Crippen molar-refractivity contribution in [2.75, 3.05) is 5.32 Å². The van der Waals surface area contributed by atoms with Crippen LogP contribution < -0.4 is 5.32 Å². The molecule has 3 rings (SSSR count). The first-order valence-electron chi connectivity index (χ1n) is 6.02. The van der Waals surface area contributed by atoms with Gasteiger partial charge in [0.2, 0.25) is 5.95 Å². The molecule has 2 N–H and O–H groups in total. The number of anilines is 1. The zero-order chi connectivity index (χ0) is 13.9. The van der Waals surface area contributed by atoms with E-state index < -0.39 is 0 Å². The number of amides is 1. The lowest BCUT2D eigenvalue weighted by atomic mass is 10.3. The average molecular weight is 268 g/mol. The molecule has 0 saturated carbocycles. The van der Waals surface area contributed by atoms with Gasteiger partial charge in [-0.3, -0.25) is 19.8 Å². The van der Waals surface area contributed by atoms with E-state index in [9.17, 15) is 4.79 Å². The molecular weight excluding hydrogens is 256 g/mol. The molecule has 1 amide bonds. The largest absolute Gasteiger partial charge is 0.295 e.